The molecule has 0 atom stereocenters. The van der Waals surface area contributed by atoms with Crippen LogP contribution in [0.1, 0.15) is 20.9 Å². The third-order valence-electron chi connectivity index (χ3n) is 4.21. The zero-order valence-electron chi connectivity index (χ0n) is 14.7. The summed E-state index contributed by atoms with van der Waals surface area (Å²) in [5.74, 6) is -1.12. The van der Waals surface area contributed by atoms with Crippen molar-refractivity contribution >= 4 is 44.8 Å². The van der Waals surface area contributed by atoms with E-state index >= 15 is 0 Å². The number of carboxylic acid groups (broad SMARTS) is 1. The molecular weight excluding hydrogens is 392 g/mol. The number of nitrogens with one attached hydrogen (secondary N) is 1. The number of carboxylic acids is 1. The van der Waals surface area contributed by atoms with Crippen molar-refractivity contribution in [3.63, 3.8) is 0 Å². The number of hydrogen-bond donors (Lipinski definition) is 2. The Bertz CT molecular complexity index is 1150. The number of thiazole rings is 1. The first-order valence-corrected chi connectivity index (χ1v) is 10.3. The quantitative estimate of drug-likeness (QED) is 0.489. The molecule has 0 aliphatic carbocycles. The maximum absolute atomic E-state index is 12.3. The van der Waals surface area contributed by atoms with Gasteiger partial charge < -0.3 is 10.4 Å². The molecule has 0 saturated carbocycles. The van der Waals surface area contributed by atoms with Gasteiger partial charge in [0.2, 0.25) is 5.91 Å². The molecule has 2 aromatic carbocycles. The molecule has 0 bridgehead atoms. The number of benzene rings is 2. The van der Waals surface area contributed by atoms with Gasteiger partial charge in [0.25, 0.3) is 0 Å². The molecule has 28 heavy (non-hydrogen) atoms. The average Bonchev–Trinajstić information content (AvgIpc) is 3.35. The fraction of sp³-hybridized carbons (Fsp3) is 0.0952. The molecule has 1 amide bonds. The number of amides is 1. The Balaban J connectivity index is 1.42. The van der Waals surface area contributed by atoms with E-state index in [2.05, 4.69) is 22.4 Å². The second kappa shape index (κ2) is 7.92. The normalized spacial score (nSPS) is 10.9. The second-order valence-electron chi connectivity index (χ2n) is 6.23. The predicted molar refractivity (Wildman–Crippen MR) is 112 cm³/mol. The lowest BCUT2D eigenvalue weighted by molar-refractivity contribution is -0.120. The minimum Gasteiger partial charge on any atom is -0.478 e. The van der Waals surface area contributed by atoms with E-state index in [4.69, 9.17) is 5.11 Å². The van der Waals surface area contributed by atoms with Crippen LogP contribution in [0.15, 0.2) is 60.0 Å². The zero-order chi connectivity index (χ0) is 19.5. The van der Waals surface area contributed by atoms with E-state index in [0.29, 0.717) is 0 Å². The summed E-state index contributed by atoms with van der Waals surface area (Å²) in [6.45, 7) is 0.285. The smallest absolute Gasteiger partial charge is 0.335 e. The summed E-state index contributed by atoms with van der Waals surface area (Å²) < 4.78 is 1.06. The Morgan fingerprint density at radius 3 is 2.75 bits per heavy atom. The van der Waals surface area contributed by atoms with Gasteiger partial charge in [-0.3, -0.25) is 4.79 Å². The number of nitrogens with zero attached hydrogens (tertiary/aromatic N) is 1. The van der Waals surface area contributed by atoms with Crippen LogP contribution < -0.4 is 5.32 Å². The Labute approximate surface area is 169 Å². The number of hydrogen-bond acceptors (Lipinski definition) is 5. The first kappa shape index (κ1) is 18.3. The van der Waals surface area contributed by atoms with Crippen molar-refractivity contribution in [2.24, 2.45) is 0 Å². The van der Waals surface area contributed by atoms with Gasteiger partial charge in [-0.1, -0.05) is 24.3 Å². The van der Waals surface area contributed by atoms with E-state index in [1.165, 1.54) is 22.3 Å². The van der Waals surface area contributed by atoms with Gasteiger partial charge >= 0.3 is 5.97 Å². The van der Waals surface area contributed by atoms with Crippen LogP contribution in [0, 0.1) is 0 Å². The lowest BCUT2D eigenvalue weighted by Gasteiger charge is -2.05. The van der Waals surface area contributed by atoms with Crippen LogP contribution in [0.25, 0.3) is 20.7 Å². The number of fused-ring (bicyclic) bond motifs is 1. The Kier molecular flexibility index (Phi) is 5.18. The van der Waals surface area contributed by atoms with Crippen LogP contribution in [0.2, 0.25) is 0 Å². The summed E-state index contributed by atoms with van der Waals surface area (Å²) in [7, 11) is 0. The van der Waals surface area contributed by atoms with Crippen molar-refractivity contribution in [3.05, 3.63) is 76.1 Å². The third-order valence-corrected chi connectivity index (χ3v) is 6.15. The molecule has 5 nitrogen and oxygen atoms in total. The largest absolute Gasteiger partial charge is 0.478 e. The topological polar surface area (TPSA) is 79.3 Å². The first-order chi connectivity index (χ1) is 13.6. The van der Waals surface area contributed by atoms with E-state index in [1.54, 1.807) is 29.5 Å². The molecule has 7 heteroatoms. The molecule has 4 aromatic rings. The lowest BCUT2D eigenvalue weighted by atomic mass is 10.1. The summed E-state index contributed by atoms with van der Waals surface area (Å²) in [6.07, 6.45) is 0.201. The van der Waals surface area contributed by atoms with Crippen molar-refractivity contribution in [1.82, 2.24) is 10.3 Å². The molecule has 2 aromatic heterocycles. The zero-order valence-corrected chi connectivity index (χ0v) is 16.3. The van der Waals surface area contributed by atoms with E-state index in [9.17, 15) is 9.59 Å². The molecule has 0 radical (unpaired) electrons. The highest BCUT2D eigenvalue weighted by molar-refractivity contribution is 7.18. The molecule has 0 fully saturated rings. The fourth-order valence-electron chi connectivity index (χ4n) is 2.86. The lowest BCUT2D eigenvalue weighted by Crippen LogP contribution is -2.24. The highest BCUT2D eigenvalue weighted by atomic mass is 32.1. The van der Waals surface area contributed by atoms with Crippen molar-refractivity contribution in [2.45, 2.75) is 13.0 Å². The molecule has 2 N–H and O–H groups in total. The first-order valence-electron chi connectivity index (χ1n) is 8.61. The minimum atomic E-state index is -0.982. The number of carbonyl (C=O) groups is 2. The number of aromatic carboxylic acids is 1. The summed E-state index contributed by atoms with van der Waals surface area (Å²) in [4.78, 5) is 29.1. The highest BCUT2D eigenvalue weighted by Crippen LogP contribution is 2.30. The molecule has 0 spiro atoms. The van der Waals surface area contributed by atoms with Gasteiger partial charge in [0.1, 0.15) is 5.01 Å². The molecule has 0 aliphatic heterocycles. The summed E-state index contributed by atoms with van der Waals surface area (Å²) in [5.41, 5.74) is 3.00. The monoisotopic (exact) mass is 408 g/mol. The third kappa shape index (κ3) is 4.11. The fourth-order valence-corrected chi connectivity index (χ4v) is 4.59. The van der Waals surface area contributed by atoms with E-state index in [0.717, 1.165) is 26.4 Å². The average molecular weight is 409 g/mol. The molecule has 2 heterocycles. The van der Waals surface area contributed by atoms with Crippen LogP contribution in [0.3, 0.4) is 0 Å². The number of aromatic nitrogens is 1. The Morgan fingerprint density at radius 2 is 1.96 bits per heavy atom. The van der Waals surface area contributed by atoms with Crippen molar-refractivity contribution in [1.29, 1.82) is 0 Å². The van der Waals surface area contributed by atoms with Gasteiger partial charge in [-0.2, -0.15) is 0 Å². The molecule has 0 aliphatic rings. The minimum absolute atomic E-state index is 0.140. The Morgan fingerprint density at radius 1 is 1.07 bits per heavy atom. The molecule has 4 rings (SSSR count). The Hall–Kier alpha value is -3.03. The van der Waals surface area contributed by atoms with E-state index < -0.39 is 5.97 Å². The predicted octanol–water partition coefficient (Wildman–Crippen LogP) is 4.58. The van der Waals surface area contributed by atoms with Crippen LogP contribution in [0.4, 0.5) is 0 Å². The second-order valence-corrected chi connectivity index (χ2v) is 8.29. The summed E-state index contributed by atoms with van der Waals surface area (Å²) in [6, 6.07) is 16.8. The maximum Gasteiger partial charge on any atom is 0.335 e. The van der Waals surface area contributed by atoms with Gasteiger partial charge in [0, 0.05) is 11.4 Å². The molecule has 0 saturated heterocycles. The van der Waals surface area contributed by atoms with E-state index in [1.807, 2.05) is 23.6 Å². The van der Waals surface area contributed by atoms with Gasteiger partial charge in [-0.25, -0.2) is 9.78 Å². The van der Waals surface area contributed by atoms with Gasteiger partial charge in [0.15, 0.2) is 0 Å². The molecule has 140 valence electrons. The van der Waals surface area contributed by atoms with Crippen LogP contribution >= 0.6 is 22.7 Å². The van der Waals surface area contributed by atoms with Crippen LogP contribution in [-0.4, -0.2) is 22.0 Å². The van der Waals surface area contributed by atoms with Crippen molar-refractivity contribution in [2.75, 3.05) is 0 Å². The van der Waals surface area contributed by atoms with Crippen molar-refractivity contribution in [3.8, 4) is 10.4 Å². The van der Waals surface area contributed by atoms with Gasteiger partial charge in [0.05, 0.1) is 22.2 Å². The van der Waals surface area contributed by atoms with Crippen LogP contribution in [0.5, 0.6) is 0 Å². The van der Waals surface area contributed by atoms with Crippen LogP contribution in [-0.2, 0) is 17.8 Å². The SMILES string of the molecule is O=C(Cc1nc2ccc(-c3cccs3)cc2s1)NCc1cccc(C(=O)O)c1. The van der Waals surface area contributed by atoms with Gasteiger partial charge in [-0.05, 0) is 46.8 Å². The number of rotatable bonds is 6. The number of thiophene rings is 1. The molecular formula is C21H16N2O3S2. The standard InChI is InChI=1S/C21H16N2O3S2/c24-19(22-12-13-3-1-4-15(9-13)21(25)26)11-20-23-16-7-6-14(10-18(16)28-20)17-5-2-8-27-17/h1-10H,11-12H2,(H,22,24)(H,25,26). The summed E-state index contributed by atoms with van der Waals surface area (Å²) in [5, 5.41) is 14.7. The van der Waals surface area contributed by atoms with Gasteiger partial charge in [-0.15, -0.1) is 22.7 Å². The molecule has 0 unspecified atom stereocenters. The summed E-state index contributed by atoms with van der Waals surface area (Å²) >= 11 is 3.21. The highest BCUT2D eigenvalue weighted by Gasteiger charge is 2.11. The van der Waals surface area contributed by atoms with Crippen molar-refractivity contribution < 1.29 is 14.7 Å². The maximum atomic E-state index is 12.3. The van der Waals surface area contributed by atoms with E-state index in [-0.39, 0.29) is 24.4 Å². The number of carbonyl (C=O) groups excluding carboxylic acids is 1.